The van der Waals surface area contributed by atoms with Crippen LogP contribution in [0.2, 0.25) is 0 Å². The van der Waals surface area contributed by atoms with Crippen molar-refractivity contribution in [3.8, 4) is 28.7 Å². The smallest absolute Gasteiger partial charge is 0.319 e. The maximum Gasteiger partial charge on any atom is 0.319 e. The summed E-state index contributed by atoms with van der Waals surface area (Å²) >= 11 is 0. The first-order valence-corrected chi connectivity index (χ1v) is 10.0. The van der Waals surface area contributed by atoms with Crippen LogP contribution in [0.3, 0.4) is 0 Å². The van der Waals surface area contributed by atoms with Crippen molar-refractivity contribution in [2.24, 2.45) is 0 Å². The number of fused-ring (bicyclic) bond motifs is 1. The van der Waals surface area contributed by atoms with Crippen molar-refractivity contribution in [1.29, 1.82) is 0 Å². The van der Waals surface area contributed by atoms with Crippen LogP contribution < -0.4 is 34.3 Å². The summed E-state index contributed by atoms with van der Waals surface area (Å²) in [6.07, 6.45) is 3.43. The number of rotatable bonds is 6. The number of carbonyl (C=O) groups excluding carboxylic acids is 1. The lowest BCUT2D eigenvalue weighted by Crippen LogP contribution is -2.41. The van der Waals surface area contributed by atoms with Gasteiger partial charge in [-0.3, -0.25) is 0 Å². The first-order chi connectivity index (χ1) is 14.7. The van der Waals surface area contributed by atoms with Gasteiger partial charge in [0.1, 0.15) is 0 Å². The minimum atomic E-state index is -0.229. The Bertz CT molecular complexity index is 895. The quantitative estimate of drug-likeness (QED) is 0.744. The Morgan fingerprint density at radius 3 is 2.50 bits per heavy atom. The standard InChI is InChI=1S/C22H26N2O6/c1-26-18-4-3-5-19(21(18)27-2)30-16-9-6-14(7-10-16)23-22(25)24-15-8-11-17-20(12-15)29-13-28-17/h3-5,8,11-12,14,16H,6-7,9-10,13H2,1-2H3,(H2,23,24,25). The fourth-order valence-electron chi connectivity index (χ4n) is 3.78. The van der Waals surface area contributed by atoms with Crippen LogP contribution in [-0.2, 0) is 0 Å². The number of methoxy groups -OCH3 is 2. The molecule has 0 spiro atoms. The summed E-state index contributed by atoms with van der Waals surface area (Å²) in [7, 11) is 3.21. The first kappa shape index (κ1) is 20.0. The number of ether oxygens (including phenoxy) is 5. The molecule has 0 atom stereocenters. The third-order valence-corrected chi connectivity index (χ3v) is 5.30. The molecule has 2 N–H and O–H groups in total. The number of anilines is 1. The summed E-state index contributed by atoms with van der Waals surface area (Å²) < 4.78 is 27.5. The summed E-state index contributed by atoms with van der Waals surface area (Å²) in [6.45, 7) is 0.206. The molecular weight excluding hydrogens is 388 g/mol. The molecule has 1 fully saturated rings. The average Bonchev–Trinajstić information content (AvgIpc) is 3.22. The molecule has 1 heterocycles. The Hall–Kier alpha value is -3.29. The molecule has 2 aromatic carbocycles. The lowest BCUT2D eigenvalue weighted by Gasteiger charge is -2.30. The van der Waals surface area contributed by atoms with E-state index in [1.54, 1.807) is 32.4 Å². The van der Waals surface area contributed by atoms with Gasteiger partial charge in [0.05, 0.1) is 20.3 Å². The minimum absolute atomic E-state index is 0.0703. The number of carbonyl (C=O) groups is 1. The van der Waals surface area contributed by atoms with Gasteiger partial charge in [-0.05, 0) is 49.9 Å². The van der Waals surface area contributed by atoms with E-state index < -0.39 is 0 Å². The van der Waals surface area contributed by atoms with Crippen LogP contribution in [0.25, 0.3) is 0 Å². The third kappa shape index (κ3) is 4.48. The molecule has 2 aromatic rings. The van der Waals surface area contributed by atoms with Crippen LogP contribution in [0.15, 0.2) is 36.4 Å². The molecule has 160 valence electrons. The largest absolute Gasteiger partial charge is 0.493 e. The third-order valence-electron chi connectivity index (χ3n) is 5.30. The van der Waals surface area contributed by atoms with Crippen LogP contribution in [0.1, 0.15) is 25.7 Å². The maximum atomic E-state index is 12.4. The summed E-state index contributed by atoms with van der Waals surface area (Å²) in [5.74, 6) is 3.24. The van der Waals surface area contributed by atoms with Crippen LogP contribution in [-0.4, -0.2) is 39.2 Å². The van der Waals surface area contributed by atoms with Gasteiger partial charge in [-0.1, -0.05) is 6.07 Å². The first-order valence-electron chi connectivity index (χ1n) is 10.0. The molecule has 4 rings (SSSR count). The van der Waals surface area contributed by atoms with Crippen molar-refractivity contribution in [2.75, 3.05) is 26.3 Å². The predicted molar refractivity (Wildman–Crippen MR) is 111 cm³/mol. The number of amides is 2. The summed E-state index contributed by atoms with van der Waals surface area (Å²) in [4.78, 5) is 12.4. The van der Waals surface area contributed by atoms with Gasteiger partial charge in [-0.25, -0.2) is 4.79 Å². The van der Waals surface area contributed by atoms with Crippen molar-refractivity contribution in [1.82, 2.24) is 5.32 Å². The SMILES string of the molecule is COc1cccc(OC2CCC(NC(=O)Nc3ccc4c(c3)OCO4)CC2)c1OC. The molecule has 2 amide bonds. The molecule has 1 aliphatic carbocycles. The highest BCUT2D eigenvalue weighted by atomic mass is 16.7. The van der Waals surface area contributed by atoms with Crippen molar-refractivity contribution in [2.45, 2.75) is 37.8 Å². The van der Waals surface area contributed by atoms with Crippen molar-refractivity contribution in [3.63, 3.8) is 0 Å². The normalized spacial score (nSPS) is 19.7. The molecule has 0 radical (unpaired) electrons. The van der Waals surface area contributed by atoms with E-state index in [1.807, 2.05) is 18.2 Å². The Kier molecular flexibility index (Phi) is 6.02. The van der Waals surface area contributed by atoms with Gasteiger partial charge in [-0.2, -0.15) is 0 Å². The summed E-state index contributed by atoms with van der Waals surface area (Å²) in [5, 5.41) is 5.89. The zero-order valence-corrected chi connectivity index (χ0v) is 17.1. The van der Waals surface area contributed by atoms with Crippen LogP contribution in [0.5, 0.6) is 28.7 Å². The molecule has 0 saturated heterocycles. The number of hydrogen-bond acceptors (Lipinski definition) is 6. The topological polar surface area (TPSA) is 87.3 Å². The van der Waals surface area contributed by atoms with Gasteiger partial charge in [0.25, 0.3) is 0 Å². The van der Waals surface area contributed by atoms with Crippen LogP contribution >= 0.6 is 0 Å². The monoisotopic (exact) mass is 414 g/mol. The van der Waals surface area contributed by atoms with E-state index in [0.717, 1.165) is 25.7 Å². The van der Waals surface area contributed by atoms with E-state index in [9.17, 15) is 4.79 Å². The van der Waals surface area contributed by atoms with E-state index >= 15 is 0 Å². The average molecular weight is 414 g/mol. The molecule has 0 aromatic heterocycles. The highest BCUT2D eigenvalue weighted by Gasteiger charge is 2.25. The molecule has 2 aliphatic rings. The highest BCUT2D eigenvalue weighted by Crippen LogP contribution is 2.38. The number of urea groups is 1. The van der Waals surface area contributed by atoms with Gasteiger partial charge in [0.15, 0.2) is 23.0 Å². The van der Waals surface area contributed by atoms with E-state index in [1.165, 1.54) is 0 Å². The number of nitrogens with one attached hydrogen (secondary N) is 2. The maximum absolute atomic E-state index is 12.4. The molecule has 8 nitrogen and oxygen atoms in total. The van der Waals surface area contributed by atoms with Crippen molar-refractivity contribution >= 4 is 11.7 Å². The molecular formula is C22H26N2O6. The van der Waals surface area contributed by atoms with Gasteiger partial charge >= 0.3 is 6.03 Å². The van der Waals surface area contributed by atoms with Crippen LogP contribution in [0, 0.1) is 0 Å². The van der Waals surface area contributed by atoms with E-state index in [-0.39, 0.29) is 25.0 Å². The van der Waals surface area contributed by atoms with Crippen molar-refractivity contribution in [3.05, 3.63) is 36.4 Å². The predicted octanol–water partition coefficient (Wildman–Crippen LogP) is 3.94. The number of para-hydroxylation sites is 1. The van der Waals surface area contributed by atoms with E-state index in [2.05, 4.69) is 10.6 Å². The van der Waals surface area contributed by atoms with Gasteiger partial charge in [-0.15, -0.1) is 0 Å². The Morgan fingerprint density at radius 2 is 1.73 bits per heavy atom. The van der Waals surface area contributed by atoms with Crippen LogP contribution in [0.4, 0.5) is 10.5 Å². The number of hydrogen-bond donors (Lipinski definition) is 2. The lowest BCUT2D eigenvalue weighted by atomic mass is 9.93. The fraction of sp³-hybridized carbons (Fsp3) is 0.409. The van der Waals surface area contributed by atoms with Gasteiger partial charge < -0.3 is 34.3 Å². The molecule has 8 heteroatoms. The fourth-order valence-corrected chi connectivity index (χ4v) is 3.78. The number of benzene rings is 2. The Labute approximate surface area is 175 Å². The zero-order valence-electron chi connectivity index (χ0n) is 17.1. The second-order valence-corrected chi connectivity index (χ2v) is 7.25. The highest BCUT2D eigenvalue weighted by molar-refractivity contribution is 5.89. The summed E-state index contributed by atoms with van der Waals surface area (Å²) in [5.41, 5.74) is 0.666. The minimum Gasteiger partial charge on any atom is -0.493 e. The molecule has 0 bridgehead atoms. The second-order valence-electron chi connectivity index (χ2n) is 7.25. The van der Waals surface area contributed by atoms with E-state index in [4.69, 9.17) is 23.7 Å². The zero-order chi connectivity index (χ0) is 20.9. The summed E-state index contributed by atoms with van der Waals surface area (Å²) in [6, 6.07) is 10.8. The Morgan fingerprint density at radius 1 is 0.967 bits per heavy atom. The van der Waals surface area contributed by atoms with Crippen molar-refractivity contribution < 1.29 is 28.5 Å². The second kappa shape index (κ2) is 9.02. The molecule has 1 saturated carbocycles. The lowest BCUT2D eigenvalue weighted by molar-refractivity contribution is 0.136. The molecule has 30 heavy (non-hydrogen) atoms. The van der Waals surface area contributed by atoms with E-state index in [0.29, 0.717) is 34.4 Å². The molecule has 0 unspecified atom stereocenters. The Balaban J connectivity index is 1.26. The van der Waals surface area contributed by atoms with Gasteiger partial charge in [0.2, 0.25) is 12.5 Å². The molecule has 1 aliphatic heterocycles. The van der Waals surface area contributed by atoms with Gasteiger partial charge in [0, 0.05) is 17.8 Å².